The zero-order valence-corrected chi connectivity index (χ0v) is 20.5. The molecular weight excluding hydrogens is 448 g/mol. The summed E-state index contributed by atoms with van der Waals surface area (Å²) in [4.78, 5) is 23.2. The number of fused-ring (bicyclic) bond motifs is 1. The van der Waals surface area contributed by atoms with Gasteiger partial charge in [0.1, 0.15) is 22.2 Å². The van der Waals surface area contributed by atoms with Gasteiger partial charge in [0.05, 0.1) is 22.5 Å². The first kappa shape index (κ1) is 22.2. The number of hydrogen-bond acceptors (Lipinski definition) is 10. The molecule has 4 aromatic heterocycles. The van der Waals surface area contributed by atoms with Gasteiger partial charge in [-0.1, -0.05) is 0 Å². The van der Waals surface area contributed by atoms with Crippen molar-refractivity contribution in [2.75, 3.05) is 43.4 Å². The average molecular weight is 475 g/mol. The van der Waals surface area contributed by atoms with Gasteiger partial charge in [0, 0.05) is 62.0 Å². The third-order valence-electron chi connectivity index (χ3n) is 5.84. The highest BCUT2D eigenvalue weighted by Crippen LogP contribution is 2.32. The topological polar surface area (TPSA) is 112 Å². The number of rotatable bonds is 5. The second-order valence-electron chi connectivity index (χ2n) is 9.01. The van der Waals surface area contributed by atoms with E-state index in [-0.39, 0.29) is 0 Å². The molecule has 0 bridgehead atoms. The van der Waals surface area contributed by atoms with Crippen LogP contribution in [0.25, 0.3) is 20.8 Å². The number of nitrogens with one attached hydrogen (secondary N) is 1. The SMILES string of the molecule is Cc1cc(Nc2cc3nc(-c4cnn(C(C)(C)C#N)c4)sc3cn2)nc(N2CCN(C)CC2)n1. The lowest BCUT2D eigenvalue weighted by Crippen LogP contribution is -2.45. The van der Waals surface area contributed by atoms with Gasteiger partial charge in [-0.25, -0.2) is 15.0 Å². The molecule has 0 amide bonds. The van der Waals surface area contributed by atoms with Gasteiger partial charge in [-0.3, -0.25) is 4.68 Å². The molecule has 5 rings (SSSR count). The van der Waals surface area contributed by atoms with Crippen LogP contribution in [0, 0.1) is 18.3 Å². The Balaban J connectivity index is 1.38. The fraction of sp³-hybridized carbons (Fsp3) is 0.391. The van der Waals surface area contributed by atoms with Gasteiger partial charge in [0.2, 0.25) is 5.95 Å². The molecule has 34 heavy (non-hydrogen) atoms. The second kappa shape index (κ2) is 8.62. The Kier molecular flexibility index (Phi) is 5.63. The third-order valence-corrected chi connectivity index (χ3v) is 6.89. The Morgan fingerprint density at radius 3 is 2.62 bits per heavy atom. The predicted molar refractivity (Wildman–Crippen MR) is 133 cm³/mol. The minimum absolute atomic E-state index is 0.674. The maximum Gasteiger partial charge on any atom is 0.227 e. The zero-order chi connectivity index (χ0) is 23.9. The van der Waals surface area contributed by atoms with Gasteiger partial charge < -0.3 is 15.1 Å². The maximum atomic E-state index is 9.36. The van der Waals surface area contributed by atoms with E-state index in [2.05, 4.69) is 43.3 Å². The molecule has 1 aliphatic heterocycles. The van der Waals surface area contributed by atoms with Gasteiger partial charge >= 0.3 is 0 Å². The second-order valence-corrected chi connectivity index (χ2v) is 10.0. The van der Waals surface area contributed by atoms with Crippen molar-refractivity contribution in [1.29, 1.82) is 5.26 Å². The van der Waals surface area contributed by atoms with Crippen LogP contribution < -0.4 is 10.2 Å². The van der Waals surface area contributed by atoms with Crippen molar-refractivity contribution in [3.05, 3.63) is 36.4 Å². The van der Waals surface area contributed by atoms with Crippen molar-refractivity contribution in [1.82, 2.24) is 34.6 Å². The Morgan fingerprint density at radius 1 is 1.06 bits per heavy atom. The highest BCUT2D eigenvalue weighted by Gasteiger charge is 2.21. The Labute approximate surface area is 201 Å². The molecule has 0 aromatic carbocycles. The van der Waals surface area contributed by atoms with E-state index in [1.807, 2.05) is 45.3 Å². The smallest absolute Gasteiger partial charge is 0.227 e. The van der Waals surface area contributed by atoms with Gasteiger partial charge in [0.15, 0.2) is 0 Å². The summed E-state index contributed by atoms with van der Waals surface area (Å²) >= 11 is 1.55. The number of anilines is 3. The van der Waals surface area contributed by atoms with E-state index >= 15 is 0 Å². The molecule has 1 aliphatic rings. The lowest BCUT2D eigenvalue weighted by Gasteiger charge is -2.32. The maximum absolute atomic E-state index is 9.36. The van der Waals surface area contributed by atoms with E-state index in [4.69, 9.17) is 9.97 Å². The van der Waals surface area contributed by atoms with Crippen LogP contribution >= 0.6 is 11.3 Å². The first-order valence-electron chi connectivity index (χ1n) is 11.1. The highest BCUT2D eigenvalue weighted by molar-refractivity contribution is 7.21. The van der Waals surface area contributed by atoms with E-state index in [0.29, 0.717) is 11.6 Å². The lowest BCUT2D eigenvalue weighted by molar-refractivity contribution is 0.311. The van der Waals surface area contributed by atoms with Crippen LogP contribution in [0.5, 0.6) is 0 Å². The van der Waals surface area contributed by atoms with Crippen LogP contribution in [0.4, 0.5) is 17.6 Å². The summed E-state index contributed by atoms with van der Waals surface area (Å²) in [5, 5.41) is 17.9. The number of aromatic nitrogens is 6. The number of likely N-dealkylation sites (N-methyl/N-ethyl adjacent to an activating group) is 1. The summed E-state index contributed by atoms with van der Waals surface area (Å²) in [5.41, 5.74) is 1.91. The number of nitrogens with zero attached hydrogens (tertiary/aromatic N) is 9. The summed E-state index contributed by atoms with van der Waals surface area (Å²) in [6.45, 7) is 9.45. The standard InChI is InChI=1S/C23H26N10S/c1-15-9-20(30-22(27-15)32-7-5-31(4)6-8-32)29-19-10-17-18(12-25-19)34-21(28-17)16-11-26-33(13-16)23(2,3)14-24/h9-13H,5-8H2,1-4H3,(H,25,27,29,30). The highest BCUT2D eigenvalue weighted by atomic mass is 32.1. The quantitative estimate of drug-likeness (QED) is 0.465. The Morgan fingerprint density at radius 2 is 1.85 bits per heavy atom. The van der Waals surface area contributed by atoms with Crippen molar-refractivity contribution in [3.63, 3.8) is 0 Å². The Bertz CT molecular complexity index is 1370. The number of nitriles is 1. The van der Waals surface area contributed by atoms with E-state index in [0.717, 1.165) is 58.6 Å². The minimum Gasteiger partial charge on any atom is -0.338 e. The monoisotopic (exact) mass is 474 g/mol. The third kappa shape index (κ3) is 4.42. The molecule has 1 fully saturated rings. The fourth-order valence-corrected chi connectivity index (χ4v) is 4.60. The molecule has 10 nitrogen and oxygen atoms in total. The van der Waals surface area contributed by atoms with E-state index < -0.39 is 5.54 Å². The van der Waals surface area contributed by atoms with Crippen molar-refractivity contribution in [2.24, 2.45) is 0 Å². The van der Waals surface area contributed by atoms with E-state index in [1.54, 1.807) is 22.2 Å². The van der Waals surface area contributed by atoms with Gasteiger partial charge in [-0.15, -0.1) is 11.3 Å². The number of hydrogen-bond donors (Lipinski definition) is 1. The number of pyridine rings is 1. The van der Waals surface area contributed by atoms with Gasteiger partial charge in [-0.2, -0.15) is 15.3 Å². The molecule has 1 N–H and O–H groups in total. The lowest BCUT2D eigenvalue weighted by atomic mass is 10.1. The molecule has 4 aromatic rings. The summed E-state index contributed by atoms with van der Waals surface area (Å²) in [7, 11) is 2.13. The molecule has 0 saturated carbocycles. The average Bonchev–Trinajstić information content (AvgIpc) is 3.46. The van der Waals surface area contributed by atoms with Crippen LogP contribution in [0.15, 0.2) is 30.7 Å². The van der Waals surface area contributed by atoms with Crippen LogP contribution in [-0.4, -0.2) is 67.8 Å². The normalized spacial score (nSPS) is 15.0. The molecule has 0 atom stereocenters. The van der Waals surface area contributed by atoms with E-state index in [1.165, 1.54) is 0 Å². The van der Waals surface area contributed by atoms with Crippen molar-refractivity contribution in [2.45, 2.75) is 26.3 Å². The van der Waals surface area contributed by atoms with Crippen molar-refractivity contribution >= 4 is 39.1 Å². The van der Waals surface area contributed by atoms with Crippen molar-refractivity contribution < 1.29 is 0 Å². The molecule has 0 aliphatic carbocycles. The van der Waals surface area contributed by atoms with Crippen LogP contribution in [0.3, 0.4) is 0 Å². The van der Waals surface area contributed by atoms with Crippen LogP contribution in [-0.2, 0) is 5.54 Å². The first-order valence-corrected chi connectivity index (χ1v) is 11.9. The predicted octanol–water partition coefficient (Wildman–Crippen LogP) is 3.41. The number of piperazine rings is 1. The Hall–Kier alpha value is -3.62. The molecule has 1 saturated heterocycles. The molecule has 5 heterocycles. The van der Waals surface area contributed by atoms with Crippen LogP contribution in [0.2, 0.25) is 0 Å². The first-order chi connectivity index (χ1) is 16.3. The zero-order valence-electron chi connectivity index (χ0n) is 19.6. The number of thiazole rings is 1. The fourth-order valence-electron chi connectivity index (χ4n) is 3.71. The summed E-state index contributed by atoms with van der Waals surface area (Å²) < 4.78 is 2.64. The molecule has 0 spiro atoms. The minimum atomic E-state index is -0.716. The molecular formula is C23H26N10S. The summed E-state index contributed by atoms with van der Waals surface area (Å²) in [6, 6.07) is 6.10. The van der Waals surface area contributed by atoms with Crippen molar-refractivity contribution in [3.8, 4) is 16.6 Å². The molecule has 11 heteroatoms. The number of aryl methyl sites for hydroxylation is 1. The summed E-state index contributed by atoms with van der Waals surface area (Å²) in [5.74, 6) is 2.13. The largest absolute Gasteiger partial charge is 0.338 e. The summed E-state index contributed by atoms with van der Waals surface area (Å²) in [6.07, 6.45) is 5.42. The molecule has 174 valence electrons. The molecule has 0 radical (unpaired) electrons. The van der Waals surface area contributed by atoms with Crippen LogP contribution in [0.1, 0.15) is 19.5 Å². The van der Waals surface area contributed by atoms with E-state index in [9.17, 15) is 5.26 Å². The molecule has 0 unspecified atom stereocenters. The van der Waals surface area contributed by atoms with Gasteiger partial charge in [-0.05, 0) is 27.8 Å². The van der Waals surface area contributed by atoms with Gasteiger partial charge in [0.25, 0.3) is 0 Å².